The Hall–Kier alpha value is -3.92. The van der Waals surface area contributed by atoms with Crippen molar-refractivity contribution in [3.63, 3.8) is 0 Å². The van der Waals surface area contributed by atoms with Gasteiger partial charge < -0.3 is 11.1 Å². The van der Waals surface area contributed by atoms with Gasteiger partial charge in [0.05, 0.1) is 5.69 Å². The number of benzene rings is 2. The highest BCUT2D eigenvalue weighted by Gasteiger charge is 2.17. The van der Waals surface area contributed by atoms with Gasteiger partial charge in [0, 0.05) is 24.8 Å². The van der Waals surface area contributed by atoms with Crippen molar-refractivity contribution in [3.05, 3.63) is 75.2 Å². The van der Waals surface area contributed by atoms with Crippen LogP contribution in [0.15, 0.2) is 58.1 Å². The first-order valence-electron chi connectivity index (χ1n) is 9.66. The Morgan fingerprint density at radius 2 is 1.74 bits per heavy atom. The van der Waals surface area contributed by atoms with Crippen molar-refractivity contribution < 1.29 is 4.39 Å². The molecule has 0 aliphatic heterocycles. The minimum atomic E-state index is -0.624. The van der Waals surface area contributed by atoms with Crippen molar-refractivity contribution in [2.24, 2.45) is 12.8 Å². The van der Waals surface area contributed by atoms with Crippen molar-refractivity contribution in [2.45, 2.75) is 6.42 Å². The predicted molar refractivity (Wildman–Crippen MR) is 116 cm³/mol. The lowest BCUT2D eigenvalue weighted by Gasteiger charge is -2.11. The average Bonchev–Trinajstić information content (AvgIpc) is 2.79. The van der Waals surface area contributed by atoms with E-state index in [0.29, 0.717) is 17.8 Å². The van der Waals surface area contributed by atoms with Gasteiger partial charge in [-0.2, -0.15) is 0 Å². The summed E-state index contributed by atoms with van der Waals surface area (Å²) < 4.78 is 15.4. The van der Waals surface area contributed by atoms with Gasteiger partial charge in [-0.15, -0.1) is 10.2 Å². The molecule has 0 spiro atoms. The number of nitrogens with zero attached hydrogens (tertiary/aromatic N) is 5. The molecule has 0 aliphatic rings. The van der Waals surface area contributed by atoms with E-state index >= 15 is 0 Å². The van der Waals surface area contributed by atoms with Gasteiger partial charge in [0.1, 0.15) is 5.82 Å². The van der Waals surface area contributed by atoms with Crippen LogP contribution in [-0.2, 0) is 7.05 Å². The number of hydrogen-bond donors (Lipinski definition) is 2. The molecule has 2 aromatic heterocycles. The maximum absolute atomic E-state index is 13.3. The molecule has 10 heteroatoms. The van der Waals surface area contributed by atoms with Gasteiger partial charge in [0.25, 0.3) is 5.56 Å². The molecule has 0 unspecified atom stereocenters. The van der Waals surface area contributed by atoms with Gasteiger partial charge in [-0.3, -0.25) is 9.36 Å². The molecule has 0 aliphatic carbocycles. The molecule has 158 valence electrons. The summed E-state index contributed by atoms with van der Waals surface area (Å²) in [5.41, 5.74) is 6.22. The van der Waals surface area contributed by atoms with Crippen molar-refractivity contribution >= 4 is 16.9 Å². The second-order valence-corrected chi connectivity index (χ2v) is 6.91. The third-order valence-corrected chi connectivity index (χ3v) is 4.80. The van der Waals surface area contributed by atoms with E-state index < -0.39 is 17.1 Å². The molecule has 0 atom stereocenters. The standard InChI is InChI=1S/C21H20FN7O2/c1-28-20(30)17-19(29(21(28)31)16-9-5-14(22)6-10-16)27-26-18(25-17)13-3-7-15(8-4-13)24-12-2-11-23/h3-10,24H,2,11-12,23H2,1H3. The minimum absolute atomic E-state index is 0.00327. The first-order chi connectivity index (χ1) is 15.0. The summed E-state index contributed by atoms with van der Waals surface area (Å²) in [5.74, 6) is -0.194. The number of nitrogens with one attached hydrogen (secondary N) is 1. The van der Waals surface area contributed by atoms with Crippen LogP contribution in [0.1, 0.15) is 6.42 Å². The van der Waals surface area contributed by atoms with Crippen LogP contribution in [0, 0.1) is 5.82 Å². The summed E-state index contributed by atoms with van der Waals surface area (Å²) in [7, 11) is 1.35. The van der Waals surface area contributed by atoms with Gasteiger partial charge in [-0.05, 0) is 61.5 Å². The Morgan fingerprint density at radius 1 is 1.03 bits per heavy atom. The lowest BCUT2D eigenvalue weighted by Crippen LogP contribution is -2.38. The number of anilines is 1. The van der Waals surface area contributed by atoms with E-state index in [1.165, 1.54) is 35.9 Å². The third kappa shape index (κ3) is 3.92. The second kappa shape index (κ2) is 8.44. The molecular weight excluding hydrogens is 401 g/mol. The van der Waals surface area contributed by atoms with E-state index in [4.69, 9.17) is 5.73 Å². The van der Waals surface area contributed by atoms with Crippen LogP contribution >= 0.6 is 0 Å². The fourth-order valence-corrected chi connectivity index (χ4v) is 3.12. The van der Waals surface area contributed by atoms with E-state index in [2.05, 4.69) is 20.5 Å². The molecular formula is C21H20FN7O2. The number of halogens is 1. The molecule has 2 heterocycles. The second-order valence-electron chi connectivity index (χ2n) is 6.91. The van der Waals surface area contributed by atoms with Gasteiger partial charge >= 0.3 is 5.69 Å². The highest BCUT2D eigenvalue weighted by Crippen LogP contribution is 2.19. The van der Waals surface area contributed by atoms with Crippen LogP contribution in [0.5, 0.6) is 0 Å². The van der Waals surface area contributed by atoms with Gasteiger partial charge in [-0.1, -0.05) is 0 Å². The quantitative estimate of drug-likeness (QED) is 0.452. The van der Waals surface area contributed by atoms with Crippen molar-refractivity contribution in [2.75, 3.05) is 18.4 Å². The summed E-state index contributed by atoms with van der Waals surface area (Å²) in [6, 6.07) is 12.7. The average molecular weight is 421 g/mol. The molecule has 31 heavy (non-hydrogen) atoms. The highest BCUT2D eigenvalue weighted by molar-refractivity contribution is 5.73. The molecule has 4 rings (SSSR count). The normalized spacial score (nSPS) is 11.1. The molecule has 4 aromatic rings. The Labute approximate surface area is 176 Å². The number of nitrogens with two attached hydrogens (primary N) is 1. The topological polar surface area (TPSA) is 121 Å². The van der Waals surface area contributed by atoms with E-state index in [1.54, 1.807) is 0 Å². The molecule has 0 fully saturated rings. The Morgan fingerprint density at radius 3 is 2.42 bits per heavy atom. The van der Waals surface area contributed by atoms with Crippen LogP contribution in [0.3, 0.4) is 0 Å². The first-order valence-corrected chi connectivity index (χ1v) is 9.66. The molecule has 0 bridgehead atoms. The number of hydrogen-bond acceptors (Lipinski definition) is 7. The molecule has 0 radical (unpaired) electrons. The third-order valence-electron chi connectivity index (χ3n) is 4.80. The maximum Gasteiger partial charge on any atom is 0.337 e. The lowest BCUT2D eigenvalue weighted by molar-refractivity contribution is 0.627. The Bertz CT molecular complexity index is 1350. The zero-order chi connectivity index (χ0) is 22.0. The maximum atomic E-state index is 13.3. The monoisotopic (exact) mass is 421 g/mol. The zero-order valence-electron chi connectivity index (χ0n) is 16.7. The fraction of sp³-hybridized carbons (Fsp3) is 0.190. The smallest absolute Gasteiger partial charge is 0.337 e. The fourth-order valence-electron chi connectivity index (χ4n) is 3.12. The van der Waals surface area contributed by atoms with Crippen LogP contribution in [-0.4, -0.2) is 37.4 Å². The van der Waals surface area contributed by atoms with E-state index in [0.717, 1.165) is 23.2 Å². The Balaban J connectivity index is 1.80. The highest BCUT2D eigenvalue weighted by atomic mass is 19.1. The number of fused-ring (bicyclic) bond motifs is 1. The SMILES string of the molecule is Cn1c(=O)c2nc(-c3ccc(NCCCN)cc3)nnc2n(-c2ccc(F)cc2)c1=O. The van der Waals surface area contributed by atoms with Gasteiger partial charge in [0.2, 0.25) is 0 Å². The molecule has 0 amide bonds. The van der Waals surface area contributed by atoms with Gasteiger partial charge in [0.15, 0.2) is 17.0 Å². The Kier molecular flexibility index (Phi) is 5.54. The summed E-state index contributed by atoms with van der Waals surface area (Å²) >= 11 is 0. The largest absolute Gasteiger partial charge is 0.385 e. The molecule has 9 nitrogen and oxygen atoms in total. The molecule has 3 N–H and O–H groups in total. The van der Waals surface area contributed by atoms with E-state index in [1.807, 2.05) is 24.3 Å². The molecule has 0 saturated heterocycles. The summed E-state index contributed by atoms with van der Waals surface area (Å²) in [4.78, 5) is 29.8. The van der Waals surface area contributed by atoms with E-state index in [-0.39, 0.29) is 17.0 Å². The number of aromatic nitrogens is 5. The van der Waals surface area contributed by atoms with E-state index in [9.17, 15) is 14.0 Å². The van der Waals surface area contributed by atoms with Crippen molar-refractivity contribution in [1.29, 1.82) is 0 Å². The van der Waals surface area contributed by atoms with Crippen LogP contribution in [0.25, 0.3) is 28.2 Å². The molecule has 2 aromatic carbocycles. The predicted octanol–water partition coefficient (Wildman–Crippen LogP) is 1.44. The van der Waals surface area contributed by atoms with Crippen molar-refractivity contribution in [1.82, 2.24) is 24.3 Å². The minimum Gasteiger partial charge on any atom is -0.385 e. The van der Waals surface area contributed by atoms with Crippen LogP contribution in [0.4, 0.5) is 10.1 Å². The summed E-state index contributed by atoms with van der Waals surface area (Å²) in [5, 5.41) is 11.5. The zero-order valence-corrected chi connectivity index (χ0v) is 16.7. The first kappa shape index (κ1) is 20.4. The van der Waals surface area contributed by atoms with Gasteiger partial charge in [-0.25, -0.2) is 18.7 Å². The van der Waals surface area contributed by atoms with Crippen molar-refractivity contribution in [3.8, 4) is 17.1 Å². The summed E-state index contributed by atoms with van der Waals surface area (Å²) in [6.07, 6.45) is 0.860. The lowest BCUT2D eigenvalue weighted by atomic mass is 10.2. The summed E-state index contributed by atoms with van der Waals surface area (Å²) in [6.45, 7) is 1.38. The van der Waals surface area contributed by atoms with Crippen LogP contribution in [0.2, 0.25) is 0 Å². The molecule has 0 saturated carbocycles. The van der Waals surface area contributed by atoms with Crippen LogP contribution < -0.4 is 22.3 Å². The number of rotatable bonds is 6.